The number of hydrogen-bond donors (Lipinski definition) is 1. The molecule has 1 aliphatic rings. The van der Waals surface area contributed by atoms with E-state index in [1.54, 1.807) is 29.2 Å². The second-order valence-electron chi connectivity index (χ2n) is 6.83. The van der Waals surface area contributed by atoms with E-state index < -0.39 is 17.8 Å². The lowest BCUT2D eigenvalue weighted by Crippen LogP contribution is -2.39. The van der Waals surface area contributed by atoms with Gasteiger partial charge in [-0.1, -0.05) is 18.2 Å². The second-order valence-corrected chi connectivity index (χ2v) is 6.83. The van der Waals surface area contributed by atoms with E-state index in [0.29, 0.717) is 32.4 Å². The molecule has 0 bridgehead atoms. The smallest absolute Gasteiger partial charge is 0.433 e. The minimum Gasteiger partial charge on any atom is -0.478 e. The molecular weight excluding hydrogens is 373 g/mol. The zero-order valence-electron chi connectivity index (χ0n) is 14.9. The van der Waals surface area contributed by atoms with Crippen molar-refractivity contribution in [2.45, 2.75) is 25.4 Å². The van der Waals surface area contributed by atoms with E-state index in [2.05, 4.69) is 4.98 Å². The number of amides is 1. The number of alkyl halides is 3. The number of rotatable bonds is 4. The molecule has 8 heteroatoms. The predicted molar refractivity (Wildman–Crippen MR) is 95.0 cm³/mol. The van der Waals surface area contributed by atoms with Crippen LogP contribution in [0.1, 0.15) is 44.8 Å². The fourth-order valence-corrected chi connectivity index (χ4v) is 3.43. The first-order valence-electron chi connectivity index (χ1n) is 8.89. The number of piperidine rings is 1. The molecule has 148 valence electrons. The molecule has 1 saturated heterocycles. The molecule has 1 aromatic heterocycles. The van der Waals surface area contributed by atoms with Crippen LogP contribution in [0, 0.1) is 5.92 Å². The van der Waals surface area contributed by atoms with E-state index in [9.17, 15) is 27.9 Å². The van der Waals surface area contributed by atoms with Gasteiger partial charge in [0.2, 0.25) is 0 Å². The highest BCUT2D eigenvalue weighted by atomic mass is 19.4. The summed E-state index contributed by atoms with van der Waals surface area (Å²) in [5.41, 5.74) is 0.158. The number of carbonyl (C=O) groups excluding carboxylic acids is 1. The summed E-state index contributed by atoms with van der Waals surface area (Å²) in [7, 11) is 0. The van der Waals surface area contributed by atoms with Gasteiger partial charge in [0.05, 0.1) is 11.1 Å². The molecule has 1 fully saturated rings. The van der Waals surface area contributed by atoms with Crippen LogP contribution in [0.25, 0.3) is 0 Å². The van der Waals surface area contributed by atoms with Gasteiger partial charge in [0.1, 0.15) is 5.69 Å². The highest BCUT2D eigenvalue weighted by molar-refractivity contribution is 5.94. The minimum absolute atomic E-state index is 0.127. The number of nitrogens with zero attached hydrogens (tertiary/aromatic N) is 2. The summed E-state index contributed by atoms with van der Waals surface area (Å²) in [5, 5.41) is 9.28. The van der Waals surface area contributed by atoms with Crippen LogP contribution in [0.5, 0.6) is 0 Å². The van der Waals surface area contributed by atoms with Crippen LogP contribution in [-0.4, -0.2) is 40.0 Å². The molecule has 0 aliphatic carbocycles. The molecule has 1 N–H and O–H groups in total. The number of benzene rings is 1. The maximum atomic E-state index is 12.6. The van der Waals surface area contributed by atoms with Gasteiger partial charge in [0.25, 0.3) is 5.91 Å². The SMILES string of the molecule is O=C(O)c1ccccc1CC1CCN(C(=O)c2ccc(C(F)(F)F)nc2)CC1. The monoisotopic (exact) mass is 392 g/mol. The Morgan fingerprint density at radius 3 is 2.36 bits per heavy atom. The Hall–Kier alpha value is -2.90. The Morgan fingerprint density at radius 2 is 1.79 bits per heavy atom. The van der Waals surface area contributed by atoms with Gasteiger partial charge in [0, 0.05) is 19.3 Å². The number of aromatic carboxylic acids is 1. The molecule has 2 aromatic rings. The Bertz CT molecular complexity index is 858. The van der Waals surface area contributed by atoms with Gasteiger partial charge in [0.15, 0.2) is 0 Å². The standard InChI is InChI=1S/C20H19F3N2O3/c21-20(22,23)17-6-5-15(12-24-17)18(26)25-9-7-13(8-10-25)11-14-3-1-2-4-16(14)19(27)28/h1-6,12-13H,7-11H2,(H,27,28). The number of aromatic nitrogens is 1. The molecule has 1 aliphatic heterocycles. The Kier molecular flexibility index (Phi) is 5.67. The van der Waals surface area contributed by atoms with Gasteiger partial charge in [-0.15, -0.1) is 0 Å². The van der Waals surface area contributed by atoms with Crippen molar-refractivity contribution in [2.75, 3.05) is 13.1 Å². The van der Waals surface area contributed by atoms with Crippen LogP contribution in [0.4, 0.5) is 13.2 Å². The molecule has 0 atom stereocenters. The summed E-state index contributed by atoms with van der Waals surface area (Å²) >= 11 is 0. The summed E-state index contributed by atoms with van der Waals surface area (Å²) in [6.07, 6.45) is -1.56. The van der Waals surface area contributed by atoms with Gasteiger partial charge in [-0.25, -0.2) is 4.79 Å². The van der Waals surface area contributed by atoms with Gasteiger partial charge >= 0.3 is 12.1 Å². The first kappa shape index (κ1) is 19.9. The topological polar surface area (TPSA) is 70.5 Å². The van der Waals surface area contributed by atoms with Crippen LogP contribution in [0.3, 0.4) is 0 Å². The number of pyridine rings is 1. The molecule has 1 amide bonds. The van der Waals surface area contributed by atoms with Gasteiger partial charge in [-0.3, -0.25) is 9.78 Å². The lowest BCUT2D eigenvalue weighted by atomic mass is 9.88. The molecular formula is C20H19F3N2O3. The zero-order valence-corrected chi connectivity index (χ0v) is 14.9. The molecule has 5 nitrogen and oxygen atoms in total. The van der Waals surface area contributed by atoms with Crippen molar-refractivity contribution in [1.29, 1.82) is 0 Å². The van der Waals surface area contributed by atoms with E-state index >= 15 is 0 Å². The minimum atomic E-state index is -4.54. The van der Waals surface area contributed by atoms with Crippen LogP contribution in [-0.2, 0) is 12.6 Å². The van der Waals surface area contributed by atoms with Gasteiger partial charge < -0.3 is 10.0 Å². The summed E-state index contributed by atoms with van der Waals surface area (Å²) in [6, 6.07) is 8.82. The number of likely N-dealkylation sites (tertiary alicyclic amines) is 1. The molecule has 1 aromatic carbocycles. The van der Waals surface area contributed by atoms with Gasteiger partial charge in [-0.2, -0.15) is 13.2 Å². The van der Waals surface area contributed by atoms with Crippen LogP contribution in [0.2, 0.25) is 0 Å². The Labute approximate surface area is 159 Å². The third-order valence-electron chi connectivity index (χ3n) is 4.96. The fourth-order valence-electron chi connectivity index (χ4n) is 3.43. The maximum Gasteiger partial charge on any atom is 0.433 e. The van der Waals surface area contributed by atoms with Gasteiger partial charge in [-0.05, 0) is 48.9 Å². The van der Waals surface area contributed by atoms with E-state index in [0.717, 1.165) is 23.9 Å². The van der Waals surface area contributed by atoms with Crippen LogP contribution in [0.15, 0.2) is 42.6 Å². The Morgan fingerprint density at radius 1 is 1.11 bits per heavy atom. The number of halogens is 3. The van der Waals surface area contributed by atoms with Crippen molar-refractivity contribution >= 4 is 11.9 Å². The summed E-state index contributed by atoms with van der Waals surface area (Å²) < 4.78 is 37.7. The van der Waals surface area contributed by atoms with E-state index in [1.807, 2.05) is 0 Å². The van der Waals surface area contributed by atoms with Crippen molar-refractivity contribution in [3.63, 3.8) is 0 Å². The molecule has 0 spiro atoms. The summed E-state index contributed by atoms with van der Waals surface area (Å²) in [5.74, 6) is -1.06. The average molecular weight is 392 g/mol. The lowest BCUT2D eigenvalue weighted by Gasteiger charge is -2.32. The van der Waals surface area contributed by atoms with Crippen molar-refractivity contribution in [1.82, 2.24) is 9.88 Å². The normalized spacial score (nSPS) is 15.5. The first-order valence-corrected chi connectivity index (χ1v) is 8.89. The molecule has 0 radical (unpaired) electrons. The maximum absolute atomic E-state index is 12.6. The second kappa shape index (κ2) is 8.00. The van der Waals surface area contributed by atoms with E-state index in [-0.39, 0.29) is 23.0 Å². The highest BCUT2D eigenvalue weighted by Gasteiger charge is 2.32. The van der Waals surface area contributed by atoms with Crippen LogP contribution >= 0.6 is 0 Å². The summed E-state index contributed by atoms with van der Waals surface area (Å²) in [4.78, 5) is 28.8. The highest BCUT2D eigenvalue weighted by Crippen LogP contribution is 2.28. The third-order valence-corrected chi connectivity index (χ3v) is 4.96. The average Bonchev–Trinajstić information content (AvgIpc) is 2.68. The zero-order chi connectivity index (χ0) is 20.3. The first-order chi connectivity index (χ1) is 13.3. The van der Waals surface area contributed by atoms with Crippen molar-refractivity contribution in [2.24, 2.45) is 5.92 Å². The predicted octanol–water partition coefficient (Wildman–Crippen LogP) is 3.89. The lowest BCUT2D eigenvalue weighted by molar-refractivity contribution is -0.141. The summed E-state index contributed by atoms with van der Waals surface area (Å²) in [6.45, 7) is 0.944. The van der Waals surface area contributed by atoms with Crippen molar-refractivity contribution < 1.29 is 27.9 Å². The molecule has 0 saturated carbocycles. The van der Waals surface area contributed by atoms with Crippen molar-refractivity contribution in [3.8, 4) is 0 Å². The van der Waals surface area contributed by atoms with E-state index in [1.165, 1.54) is 0 Å². The third kappa shape index (κ3) is 4.49. The quantitative estimate of drug-likeness (QED) is 0.857. The number of carboxylic acids is 1. The van der Waals surface area contributed by atoms with E-state index in [4.69, 9.17) is 0 Å². The Balaban J connectivity index is 1.59. The fraction of sp³-hybridized carbons (Fsp3) is 0.350. The number of carbonyl (C=O) groups is 2. The molecule has 28 heavy (non-hydrogen) atoms. The molecule has 3 rings (SSSR count). The van der Waals surface area contributed by atoms with Crippen molar-refractivity contribution in [3.05, 3.63) is 65.0 Å². The molecule has 2 heterocycles. The largest absolute Gasteiger partial charge is 0.478 e. The number of hydrogen-bond acceptors (Lipinski definition) is 3. The number of carboxylic acid groups (broad SMARTS) is 1. The van der Waals surface area contributed by atoms with Crippen LogP contribution < -0.4 is 0 Å². The molecule has 0 unspecified atom stereocenters.